The van der Waals surface area contributed by atoms with E-state index in [-0.39, 0.29) is 16.6 Å². The molecule has 1 aliphatic heterocycles. The van der Waals surface area contributed by atoms with Crippen LogP contribution in [0.1, 0.15) is 41.5 Å². The Kier molecular flexibility index (Phi) is 3.53. The van der Waals surface area contributed by atoms with Gasteiger partial charge in [0, 0.05) is 0 Å². The first-order valence-corrected chi connectivity index (χ1v) is 7.60. The van der Waals surface area contributed by atoms with Gasteiger partial charge in [-0.15, -0.1) is 0 Å². The van der Waals surface area contributed by atoms with E-state index < -0.39 is 20.9 Å². The molecule has 0 aromatic carbocycles. The first-order valence-electron chi connectivity index (χ1n) is 5.27. The van der Waals surface area contributed by atoms with Crippen LogP contribution in [0.3, 0.4) is 0 Å². The Hall–Kier alpha value is -0.0604. The summed E-state index contributed by atoms with van der Waals surface area (Å²) in [7, 11) is 0. The van der Waals surface area contributed by atoms with Gasteiger partial charge in [0.15, 0.2) is 0 Å². The molecule has 1 aliphatic rings. The van der Waals surface area contributed by atoms with Crippen LogP contribution >= 0.6 is 0 Å². The van der Waals surface area contributed by atoms with Crippen molar-refractivity contribution in [2.24, 2.45) is 10.8 Å². The molecule has 0 saturated carbocycles. The van der Waals surface area contributed by atoms with Crippen molar-refractivity contribution in [1.29, 1.82) is 0 Å². The fraction of sp³-hybridized carbons (Fsp3) is 0.615. The number of hydrogen-bond donors (Lipinski definition) is 0. The van der Waals surface area contributed by atoms with Crippen LogP contribution < -0.4 is 0 Å². The van der Waals surface area contributed by atoms with Crippen molar-refractivity contribution < 1.29 is 4.79 Å². The molecule has 0 saturated heterocycles. The Morgan fingerprint density at radius 1 is 1.13 bits per heavy atom. The monoisotopic (exact) mass is 322 g/mol. The van der Waals surface area contributed by atoms with E-state index in [1.807, 2.05) is 6.08 Å². The van der Waals surface area contributed by atoms with E-state index in [1.54, 1.807) is 0 Å². The van der Waals surface area contributed by atoms with Gasteiger partial charge in [0.2, 0.25) is 0 Å². The van der Waals surface area contributed by atoms with Gasteiger partial charge < -0.3 is 0 Å². The average molecular weight is 320 g/mol. The molecule has 0 aromatic rings. The fourth-order valence-electron chi connectivity index (χ4n) is 1.25. The van der Waals surface area contributed by atoms with E-state index in [0.717, 1.165) is 3.62 Å². The second kappa shape index (κ2) is 4.07. The first-order chi connectivity index (χ1) is 6.59. The number of carbonyl (C=O) groups is 1. The zero-order chi connectivity index (χ0) is 11.9. The Labute approximate surface area is 103 Å². The predicted octanol–water partition coefficient (Wildman–Crippen LogP) is 3.13. The molecule has 1 nitrogen and oxygen atoms in total. The Bertz CT molecular complexity index is 335. The minimum absolute atomic E-state index is 0.122. The third-order valence-electron chi connectivity index (χ3n) is 2.03. The standard InChI is InChI=1S/C13H20OTe/c1-12(2,3)8-10-9(14)7-11(15-10)13(4,5)6/h7-8H,1-6H3/b10-8+. The summed E-state index contributed by atoms with van der Waals surface area (Å²) in [6.07, 6.45) is 4.03. The third kappa shape index (κ3) is 3.78. The van der Waals surface area contributed by atoms with E-state index in [1.165, 1.54) is 3.62 Å². The van der Waals surface area contributed by atoms with Gasteiger partial charge >= 0.3 is 103 Å². The van der Waals surface area contributed by atoms with Crippen LogP contribution in [-0.4, -0.2) is 26.7 Å². The van der Waals surface area contributed by atoms with Gasteiger partial charge in [-0.25, -0.2) is 0 Å². The van der Waals surface area contributed by atoms with Crippen molar-refractivity contribution in [3.63, 3.8) is 0 Å². The maximum atomic E-state index is 11.8. The number of hydrogen-bond acceptors (Lipinski definition) is 1. The number of carbonyl (C=O) groups excluding carboxylic acids is 1. The summed E-state index contributed by atoms with van der Waals surface area (Å²) in [5.41, 5.74) is 0.294. The molecule has 0 amide bonds. The summed E-state index contributed by atoms with van der Waals surface area (Å²) >= 11 is -0.403. The molecule has 15 heavy (non-hydrogen) atoms. The van der Waals surface area contributed by atoms with Gasteiger partial charge in [0.1, 0.15) is 0 Å². The molecule has 1 rings (SSSR count). The van der Waals surface area contributed by atoms with Gasteiger partial charge in [0.05, 0.1) is 0 Å². The van der Waals surface area contributed by atoms with Crippen LogP contribution in [0.2, 0.25) is 0 Å². The zero-order valence-corrected chi connectivity index (χ0v) is 12.8. The van der Waals surface area contributed by atoms with Gasteiger partial charge in [0.25, 0.3) is 0 Å². The van der Waals surface area contributed by atoms with Crippen LogP contribution in [0.5, 0.6) is 0 Å². The summed E-state index contributed by atoms with van der Waals surface area (Å²) in [4.78, 5) is 11.8. The molecule has 1 heterocycles. The summed E-state index contributed by atoms with van der Waals surface area (Å²) in [5, 5.41) is 0. The maximum absolute atomic E-state index is 11.8. The summed E-state index contributed by atoms with van der Waals surface area (Å²) in [6, 6.07) is 0. The summed E-state index contributed by atoms with van der Waals surface area (Å²) in [6.45, 7) is 13.0. The van der Waals surface area contributed by atoms with Crippen molar-refractivity contribution in [1.82, 2.24) is 0 Å². The first kappa shape index (κ1) is 13.0. The quantitative estimate of drug-likeness (QED) is 0.495. The van der Waals surface area contributed by atoms with E-state index >= 15 is 0 Å². The molecule has 0 fully saturated rings. The van der Waals surface area contributed by atoms with Gasteiger partial charge in [-0.3, -0.25) is 0 Å². The Morgan fingerprint density at radius 2 is 1.67 bits per heavy atom. The van der Waals surface area contributed by atoms with E-state index in [2.05, 4.69) is 47.6 Å². The topological polar surface area (TPSA) is 17.1 Å². The molecule has 0 radical (unpaired) electrons. The fourth-order valence-corrected chi connectivity index (χ4v) is 4.91. The molecule has 0 atom stereocenters. The van der Waals surface area contributed by atoms with Crippen LogP contribution in [0.4, 0.5) is 0 Å². The average Bonchev–Trinajstić information content (AvgIpc) is 2.27. The van der Waals surface area contributed by atoms with Gasteiger partial charge in [-0.1, -0.05) is 0 Å². The van der Waals surface area contributed by atoms with Gasteiger partial charge in [-0.2, -0.15) is 0 Å². The summed E-state index contributed by atoms with van der Waals surface area (Å²) < 4.78 is 2.48. The zero-order valence-electron chi connectivity index (χ0n) is 10.5. The van der Waals surface area contributed by atoms with Crippen LogP contribution in [-0.2, 0) is 4.79 Å². The molecule has 2 heteroatoms. The van der Waals surface area contributed by atoms with Crippen molar-refractivity contribution in [2.45, 2.75) is 41.5 Å². The second-order valence-corrected chi connectivity index (χ2v) is 9.19. The van der Waals surface area contributed by atoms with E-state index in [0.29, 0.717) is 0 Å². The summed E-state index contributed by atoms with van der Waals surface area (Å²) in [5.74, 6) is 0.261. The minimum atomic E-state index is -0.403. The molecule has 0 bridgehead atoms. The van der Waals surface area contributed by atoms with E-state index in [9.17, 15) is 4.79 Å². The molecule has 0 unspecified atom stereocenters. The van der Waals surface area contributed by atoms with Crippen LogP contribution in [0.25, 0.3) is 0 Å². The molecular weight excluding hydrogens is 300 g/mol. The predicted molar refractivity (Wildman–Crippen MR) is 65.8 cm³/mol. The molecule has 0 spiro atoms. The Morgan fingerprint density at radius 3 is 2.00 bits per heavy atom. The number of rotatable bonds is 0. The molecule has 0 aromatic heterocycles. The number of allylic oxidation sites excluding steroid dienone is 4. The SMILES string of the molecule is CC(C)(C)/C=C1/[Te]C(C(C)(C)C)=CC1=O. The molecular formula is C13H20OTe. The third-order valence-corrected chi connectivity index (χ3v) is 6.28. The van der Waals surface area contributed by atoms with Crippen LogP contribution in [0, 0.1) is 10.8 Å². The second-order valence-electron chi connectivity index (χ2n) is 6.10. The van der Waals surface area contributed by atoms with Crippen molar-refractivity contribution in [3.05, 3.63) is 19.4 Å². The van der Waals surface area contributed by atoms with E-state index in [4.69, 9.17) is 0 Å². The normalized spacial score (nSPS) is 21.1. The van der Waals surface area contributed by atoms with Crippen LogP contribution in [0.15, 0.2) is 19.4 Å². The molecule has 0 N–H and O–H groups in total. The Balaban J connectivity index is 2.91. The molecule has 84 valence electrons. The van der Waals surface area contributed by atoms with Crippen molar-refractivity contribution in [3.8, 4) is 0 Å². The molecule has 0 aliphatic carbocycles. The van der Waals surface area contributed by atoms with Gasteiger partial charge in [-0.05, 0) is 0 Å². The number of ketones is 1. The van der Waals surface area contributed by atoms with Crippen molar-refractivity contribution >= 4 is 26.7 Å². The van der Waals surface area contributed by atoms with Crippen molar-refractivity contribution in [2.75, 3.05) is 0 Å².